The second-order valence-electron chi connectivity index (χ2n) is 3.08. The predicted octanol–water partition coefficient (Wildman–Crippen LogP) is 3.09. The molecule has 0 N–H and O–H groups in total. The van der Waals surface area contributed by atoms with Gasteiger partial charge in [-0.25, -0.2) is 0 Å². The number of hydrogen-bond donors (Lipinski definition) is 0. The Labute approximate surface area is 68.5 Å². The summed E-state index contributed by atoms with van der Waals surface area (Å²) in [7, 11) is 0. The third-order valence-corrected chi connectivity index (χ3v) is 1.87. The van der Waals surface area contributed by atoms with Crippen LogP contribution < -0.4 is 0 Å². The van der Waals surface area contributed by atoms with E-state index in [1.54, 1.807) is 0 Å². The van der Waals surface area contributed by atoms with Crippen molar-refractivity contribution < 1.29 is 0 Å². The van der Waals surface area contributed by atoms with Crippen molar-refractivity contribution in [3.63, 3.8) is 0 Å². The van der Waals surface area contributed by atoms with Crippen LogP contribution in [0.3, 0.4) is 0 Å². The highest BCUT2D eigenvalue weighted by Gasteiger charge is 1.99. The summed E-state index contributed by atoms with van der Waals surface area (Å²) in [4.78, 5) is 4.30. The van der Waals surface area contributed by atoms with E-state index in [0.29, 0.717) is 0 Å². The molecule has 1 aliphatic heterocycles. The van der Waals surface area contributed by atoms with Crippen molar-refractivity contribution in [2.24, 2.45) is 4.99 Å². The minimum absolute atomic E-state index is 1.09. The monoisotopic (exact) mass is 149 g/mol. The zero-order chi connectivity index (χ0) is 8.27. The standard InChI is InChI=1S/C10H15N/c1-4-10-6-8(2)5-9(3)11-7-10/h5,7H,4,6H2,1-3H3. The van der Waals surface area contributed by atoms with Crippen LogP contribution in [-0.2, 0) is 0 Å². The number of hydrogen-bond acceptors (Lipinski definition) is 1. The zero-order valence-corrected chi connectivity index (χ0v) is 7.52. The minimum atomic E-state index is 1.09. The first-order chi connectivity index (χ1) is 5.22. The maximum absolute atomic E-state index is 4.30. The van der Waals surface area contributed by atoms with Gasteiger partial charge in [-0.05, 0) is 38.3 Å². The van der Waals surface area contributed by atoms with E-state index in [9.17, 15) is 0 Å². The first kappa shape index (κ1) is 8.25. The molecule has 0 fully saturated rings. The molecular formula is C10H15N. The Bertz CT molecular complexity index is 231. The van der Waals surface area contributed by atoms with Gasteiger partial charge in [-0.3, -0.25) is 4.99 Å². The predicted molar refractivity (Wildman–Crippen MR) is 49.9 cm³/mol. The van der Waals surface area contributed by atoms with Gasteiger partial charge in [0, 0.05) is 11.9 Å². The molecule has 1 rings (SSSR count). The number of allylic oxidation sites excluding steroid dienone is 3. The van der Waals surface area contributed by atoms with E-state index >= 15 is 0 Å². The van der Waals surface area contributed by atoms with E-state index in [1.807, 2.05) is 13.1 Å². The highest BCUT2D eigenvalue weighted by molar-refractivity contribution is 5.94. The molecule has 0 spiro atoms. The Morgan fingerprint density at radius 3 is 2.82 bits per heavy atom. The van der Waals surface area contributed by atoms with E-state index in [4.69, 9.17) is 0 Å². The lowest BCUT2D eigenvalue weighted by Crippen LogP contribution is -1.84. The van der Waals surface area contributed by atoms with Gasteiger partial charge in [0.1, 0.15) is 0 Å². The van der Waals surface area contributed by atoms with Crippen molar-refractivity contribution >= 4 is 5.71 Å². The molecule has 1 heteroatoms. The molecule has 0 amide bonds. The second-order valence-corrected chi connectivity index (χ2v) is 3.08. The molecule has 1 nitrogen and oxygen atoms in total. The van der Waals surface area contributed by atoms with Crippen LogP contribution in [0.5, 0.6) is 0 Å². The number of rotatable bonds is 1. The molecule has 0 aliphatic carbocycles. The Balaban J connectivity index is 2.85. The molecule has 1 heterocycles. The topological polar surface area (TPSA) is 12.4 Å². The normalized spacial score (nSPS) is 18.3. The van der Waals surface area contributed by atoms with Crippen LogP contribution in [0.15, 0.2) is 28.4 Å². The third kappa shape index (κ3) is 2.34. The fourth-order valence-corrected chi connectivity index (χ4v) is 1.26. The first-order valence-electron chi connectivity index (χ1n) is 4.12. The van der Waals surface area contributed by atoms with Crippen LogP contribution in [0, 0.1) is 0 Å². The highest BCUT2D eigenvalue weighted by Crippen LogP contribution is 2.16. The van der Waals surface area contributed by atoms with Crippen LogP contribution in [0.25, 0.3) is 0 Å². The van der Waals surface area contributed by atoms with Crippen LogP contribution in [-0.4, -0.2) is 5.71 Å². The van der Waals surface area contributed by atoms with Crippen molar-refractivity contribution in [2.45, 2.75) is 33.6 Å². The van der Waals surface area contributed by atoms with Gasteiger partial charge in [0.2, 0.25) is 0 Å². The molecule has 60 valence electrons. The Morgan fingerprint density at radius 1 is 1.45 bits per heavy atom. The fourth-order valence-electron chi connectivity index (χ4n) is 1.26. The van der Waals surface area contributed by atoms with Gasteiger partial charge in [-0.2, -0.15) is 0 Å². The van der Waals surface area contributed by atoms with Crippen molar-refractivity contribution in [1.29, 1.82) is 0 Å². The van der Waals surface area contributed by atoms with Gasteiger partial charge in [0.05, 0.1) is 0 Å². The maximum Gasteiger partial charge on any atom is 0.0372 e. The van der Waals surface area contributed by atoms with E-state index in [2.05, 4.69) is 24.9 Å². The molecule has 1 aliphatic rings. The SMILES string of the molecule is CCC1=CN=C(C)C=C(C)C1. The molecule has 0 radical (unpaired) electrons. The van der Waals surface area contributed by atoms with Crippen LogP contribution in [0.1, 0.15) is 33.6 Å². The molecular weight excluding hydrogens is 134 g/mol. The van der Waals surface area contributed by atoms with E-state index < -0.39 is 0 Å². The summed E-state index contributed by atoms with van der Waals surface area (Å²) >= 11 is 0. The van der Waals surface area contributed by atoms with Gasteiger partial charge in [-0.1, -0.05) is 12.5 Å². The zero-order valence-electron chi connectivity index (χ0n) is 7.52. The summed E-state index contributed by atoms with van der Waals surface area (Å²) in [6, 6.07) is 0. The van der Waals surface area contributed by atoms with Crippen molar-refractivity contribution in [3.05, 3.63) is 23.4 Å². The lowest BCUT2D eigenvalue weighted by molar-refractivity contribution is 0.987. The van der Waals surface area contributed by atoms with Gasteiger partial charge >= 0.3 is 0 Å². The maximum atomic E-state index is 4.30. The molecule has 0 aromatic heterocycles. The Kier molecular flexibility index (Phi) is 2.64. The van der Waals surface area contributed by atoms with Crippen LogP contribution in [0.4, 0.5) is 0 Å². The summed E-state index contributed by atoms with van der Waals surface area (Å²) in [5, 5.41) is 0. The van der Waals surface area contributed by atoms with Crippen molar-refractivity contribution in [3.8, 4) is 0 Å². The lowest BCUT2D eigenvalue weighted by atomic mass is 10.1. The van der Waals surface area contributed by atoms with E-state index in [1.165, 1.54) is 11.1 Å². The van der Waals surface area contributed by atoms with Crippen molar-refractivity contribution in [1.82, 2.24) is 0 Å². The second kappa shape index (κ2) is 3.51. The summed E-state index contributed by atoms with van der Waals surface area (Å²) < 4.78 is 0. The van der Waals surface area contributed by atoms with Gasteiger partial charge in [0.15, 0.2) is 0 Å². The highest BCUT2D eigenvalue weighted by atomic mass is 14.7. The molecule has 0 saturated heterocycles. The summed E-state index contributed by atoms with van der Waals surface area (Å²) in [6.07, 6.45) is 6.36. The third-order valence-electron chi connectivity index (χ3n) is 1.87. The number of nitrogens with zero attached hydrogens (tertiary/aromatic N) is 1. The van der Waals surface area contributed by atoms with E-state index in [-0.39, 0.29) is 0 Å². The molecule has 0 saturated carbocycles. The first-order valence-corrected chi connectivity index (χ1v) is 4.12. The minimum Gasteiger partial charge on any atom is -0.262 e. The van der Waals surface area contributed by atoms with Crippen LogP contribution >= 0.6 is 0 Å². The average molecular weight is 149 g/mol. The van der Waals surface area contributed by atoms with E-state index in [0.717, 1.165) is 18.6 Å². The summed E-state index contributed by atoms with van der Waals surface area (Å²) in [6.45, 7) is 6.38. The molecule has 0 aromatic carbocycles. The van der Waals surface area contributed by atoms with Crippen LogP contribution in [0.2, 0.25) is 0 Å². The fraction of sp³-hybridized carbons (Fsp3) is 0.500. The molecule has 0 aromatic rings. The molecule has 0 unspecified atom stereocenters. The smallest absolute Gasteiger partial charge is 0.0372 e. The summed E-state index contributed by atoms with van der Waals surface area (Å²) in [5.74, 6) is 0. The molecule has 0 bridgehead atoms. The largest absolute Gasteiger partial charge is 0.262 e. The van der Waals surface area contributed by atoms with Gasteiger partial charge in [-0.15, -0.1) is 0 Å². The van der Waals surface area contributed by atoms with Gasteiger partial charge in [0.25, 0.3) is 0 Å². The van der Waals surface area contributed by atoms with Gasteiger partial charge < -0.3 is 0 Å². The Hall–Kier alpha value is -0.850. The molecule has 0 atom stereocenters. The summed E-state index contributed by atoms with van der Waals surface area (Å²) in [5.41, 5.74) is 3.96. The lowest BCUT2D eigenvalue weighted by Gasteiger charge is -1.99. The van der Waals surface area contributed by atoms with Crippen molar-refractivity contribution in [2.75, 3.05) is 0 Å². The average Bonchev–Trinajstić information content (AvgIpc) is 2.11. The molecule has 11 heavy (non-hydrogen) atoms. The number of aliphatic imine (C=N–C) groups is 1. The quantitative estimate of drug-likeness (QED) is 0.543. The Morgan fingerprint density at radius 2 is 2.18 bits per heavy atom.